The average Bonchev–Trinajstić information content (AvgIpc) is 2.47. The fourth-order valence-electron chi connectivity index (χ4n) is 2.32. The van der Waals surface area contributed by atoms with Crippen LogP contribution in [0.25, 0.3) is 10.8 Å². The van der Waals surface area contributed by atoms with E-state index in [0.717, 1.165) is 16.3 Å². The largest absolute Gasteiger partial charge is 0.219 e. The predicted octanol–water partition coefficient (Wildman–Crippen LogP) is 3.98. The van der Waals surface area contributed by atoms with Crippen LogP contribution in [0.1, 0.15) is 5.56 Å². The predicted molar refractivity (Wildman–Crippen MR) is 80.6 cm³/mol. The zero-order chi connectivity index (χ0) is 14.2. The van der Waals surface area contributed by atoms with Crippen molar-refractivity contribution in [1.82, 2.24) is 0 Å². The second-order valence-electron chi connectivity index (χ2n) is 4.78. The first-order valence-corrected chi connectivity index (χ1v) is 7.87. The zero-order valence-corrected chi connectivity index (χ0v) is 11.9. The van der Waals surface area contributed by atoms with Crippen molar-refractivity contribution in [3.05, 3.63) is 72.3 Å². The minimum Gasteiger partial charge on any atom is -0.219 e. The Morgan fingerprint density at radius 3 is 2.15 bits per heavy atom. The number of sulfone groups is 1. The van der Waals surface area contributed by atoms with Crippen molar-refractivity contribution in [2.45, 2.75) is 16.7 Å². The van der Waals surface area contributed by atoms with E-state index in [1.165, 1.54) is 0 Å². The van der Waals surface area contributed by atoms with Gasteiger partial charge in [0.2, 0.25) is 9.84 Å². The van der Waals surface area contributed by atoms with Crippen molar-refractivity contribution in [1.29, 1.82) is 0 Å². The molecule has 0 bridgehead atoms. The lowest BCUT2D eigenvalue weighted by Crippen LogP contribution is -2.03. The topological polar surface area (TPSA) is 34.1 Å². The van der Waals surface area contributed by atoms with Crippen LogP contribution >= 0.6 is 0 Å². The van der Waals surface area contributed by atoms with Crippen molar-refractivity contribution < 1.29 is 8.42 Å². The lowest BCUT2D eigenvalue weighted by Gasteiger charge is -2.08. The molecule has 3 rings (SSSR count). The van der Waals surface area contributed by atoms with Gasteiger partial charge in [-0.15, -0.1) is 0 Å². The van der Waals surface area contributed by atoms with E-state index < -0.39 is 9.84 Å². The highest BCUT2D eigenvalue weighted by atomic mass is 32.2. The maximum atomic E-state index is 12.7. The first-order valence-electron chi connectivity index (χ1n) is 6.38. The molecule has 0 heterocycles. The Morgan fingerprint density at radius 1 is 0.750 bits per heavy atom. The summed E-state index contributed by atoms with van der Waals surface area (Å²) in [6.07, 6.45) is 0. The Morgan fingerprint density at radius 2 is 1.40 bits per heavy atom. The molecule has 0 aliphatic heterocycles. The van der Waals surface area contributed by atoms with Gasteiger partial charge in [0.25, 0.3) is 0 Å². The number of aryl methyl sites for hydroxylation is 1. The van der Waals surface area contributed by atoms with E-state index in [1.807, 2.05) is 49.4 Å². The van der Waals surface area contributed by atoms with Gasteiger partial charge in [-0.25, -0.2) is 8.42 Å². The Bertz CT molecular complexity index is 880. The first-order chi connectivity index (χ1) is 9.59. The fraction of sp³-hybridized carbons (Fsp3) is 0.0588. The molecule has 0 saturated carbocycles. The van der Waals surface area contributed by atoms with Gasteiger partial charge in [0.05, 0.1) is 9.79 Å². The molecule has 0 aliphatic carbocycles. The van der Waals surface area contributed by atoms with Crippen molar-refractivity contribution >= 4 is 20.6 Å². The van der Waals surface area contributed by atoms with Gasteiger partial charge in [0.1, 0.15) is 0 Å². The molecular weight excluding hydrogens is 268 g/mol. The van der Waals surface area contributed by atoms with E-state index in [0.29, 0.717) is 9.79 Å². The quantitative estimate of drug-likeness (QED) is 0.712. The van der Waals surface area contributed by atoms with Crippen LogP contribution in [0.5, 0.6) is 0 Å². The normalized spacial score (nSPS) is 11.7. The van der Waals surface area contributed by atoms with Crippen LogP contribution in [0, 0.1) is 6.92 Å². The van der Waals surface area contributed by atoms with Crippen LogP contribution in [-0.2, 0) is 9.84 Å². The van der Waals surface area contributed by atoms with Crippen LogP contribution in [-0.4, -0.2) is 8.42 Å². The molecule has 0 fully saturated rings. The van der Waals surface area contributed by atoms with Crippen LogP contribution in [0.3, 0.4) is 0 Å². The number of rotatable bonds is 2. The summed E-state index contributed by atoms with van der Waals surface area (Å²) >= 11 is 0. The number of benzene rings is 3. The second-order valence-corrected chi connectivity index (χ2v) is 6.70. The van der Waals surface area contributed by atoms with Gasteiger partial charge < -0.3 is 0 Å². The third-order valence-electron chi connectivity index (χ3n) is 3.41. The SMILES string of the molecule is Cc1ccccc1S(=O)(=O)c1ccc2ccccc2c1. The Hall–Kier alpha value is -2.13. The fourth-order valence-corrected chi connectivity index (χ4v) is 3.85. The molecule has 0 aromatic heterocycles. The molecule has 2 nitrogen and oxygen atoms in total. The van der Waals surface area contributed by atoms with E-state index in [1.54, 1.807) is 24.3 Å². The average molecular weight is 282 g/mol. The summed E-state index contributed by atoms with van der Waals surface area (Å²) in [7, 11) is -3.46. The molecule has 3 aromatic rings. The van der Waals surface area contributed by atoms with Crippen molar-refractivity contribution in [3.63, 3.8) is 0 Å². The highest BCUT2D eigenvalue weighted by Gasteiger charge is 2.19. The monoisotopic (exact) mass is 282 g/mol. The smallest absolute Gasteiger partial charge is 0.206 e. The van der Waals surface area contributed by atoms with Gasteiger partial charge in [0, 0.05) is 0 Å². The molecule has 0 saturated heterocycles. The van der Waals surface area contributed by atoms with Gasteiger partial charge >= 0.3 is 0 Å². The third-order valence-corrected chi connectivity index (χ3v) is 5.33. The molecule has 3 heteroatoms. The standard InChI is InChI=1S/C17H14O2S/c1-13-6-2-5-9-17(13)20(18,19)16-11-10-14-7-3-4-8-15(14)12-16/h2-12H,1H3. The number of fused-ring (bicyclic) bond motifs is 1. The summed E-state index contributed by atoms with van der Waals surface area (Å²) in [5.74, 6) is 0. The molecule has 0 radical (unpaired) electrons. The number of hydrogen-bond acceptors (Lipinski definition) is 2. The van der Waals surface area contributed by atoms with Crippen molar-refractivity contribution in [2.24, 2.45) is 0 Å². The Labute approximate surface area is 118 Å². The van der Waals surface area contributed by atoms with Crippen LogP contribution < -0.4 is 0 Å². The second kappa shape index (κ2) is 4.76. The van der Waals surface area contributed by atoms with Gasteiger partial charge in [-0.2, -0.15) is 0 Å². The van der Waals surface area contributed by atoms with Crippen LogP contribution in [0.15, 0.2) is 76.5 Å². The summed E-state index contributed by atoms with van der Waals surface area (Å²) in [4.78, 5) is 0.709. The molecule has 0 amide bonds. The van der Waals surface area contributed by atoms with Crippen molar-refractivity contribution in [2.75, 3.05) is 0 Å². The van der Waals surface area contributed by atoms with E-state index in [-0.39, 0.29) is 0 Å². The molecule has 0 unspecified atom stereocenters. The van der Waals surface area contributed by atoms with Crippen LogP contribution in [0.4, 0.5) is 0 Å². The van der Waals surface area contributed by atoms with E-state index in [4.69, 9.17) is 0 Å². The van der Waals surface area contributed by atoms with E-state index >= 15 is 0 Å². The Kier molecular flexibility index (Phi) is 3.07. The maximum Gasteiger partial charge on any atom is 0.206 e. The molecule has 0 aliphatic rings. The molecule has 0 atom stereocenters. The van der Waals surface area contributed by atoms with E-state index in [2.05, 4.69) is 0 Å². The Balaban J connectivity index is 2.22. The third kappa shape index (κ3) is 2.10. The summed E-state index contributed by atoms with van der Waals surface area (Å²) < 4.78 is 25.4. The molecule has 3 aromatic carbocycles. The van der Waals surface area contributed by atoms with Crippen LogP contribution in [0.2, 0.25) is 0 Å². The number of hydrogen-bond donors (Lipinski definition) is 0. The van der Waals surface area contributed by atoms with E-state index in [9.17, 15) is 8.42 Å². The maximum absolute atomic E-state index is 12.7. The lowest BCUT2D eigenvalue weighted by atomic mass is 10.1. The first kappa shape index (κ1) is 12.9. The minimum absolute atomic E-state index is 0.338. The summed E-state index contributed by atoms with van der Waals surface area (Å²) in [5, 5.41) is 1.97. The lowest BCUT2D eigenvalue weighted by molar-refractivity contribution is 0.595. The summed E-state index contributed by atoms with van der Waals surface area (Å²) in [5.41, 5.74) is 0.764. The summed E-state index contributed by atoms with van der Waals surface area (Å²) in [6.45, 7) is 1.81. The van der Waals surface area contributed by atoms with Gasteiger partial charge in [0.15, 0.2) is 0 Å². The highest BCUT2D eigenvalue weighted by molar-refractivity contribution is 7.91. The summed E-state index contributed by atoms with van der Waals surface area (Å²) in [6, 6.07) is 20.1. The minimum atomic E-state index is -3.46. The van der Waals surface area contributed by atoms with Gasteiger partial charge in [-0.3, -0.25) is 0 Å². The van der Waals surface area contributed by atoms with Gasteiger partial charge in [-0.1, -0.05) is 48.5 Å². The molecule has 0 spiro atoms. The van der Waals surface area contributed by atoms with Gasteiger partial charge in [-0.05, 0) is 41.5 Å². The molecule has 20 heavy (non-hydrogen) atoms. The van der Waals surface area contributed by atoms with Crippen molar-refractivity contribution in [3.8, 4) is 0 Å². The molecular formula is C17H14O2S. The molecule has 0 N–H and O–H groups in total. The molecule has 100 valence electrons. The highest BCUT2D eigenvalue weighted by Crippen LogP contribution is 2.26. The zero-order valence-electron chi connectivity index (χ0n) is 11.1.